The number of aryl methyl sites for hydroxylation is 1. The molecule has 2 aromatic rings. The Kier molecular flexibility index (Phi) is 7.14. The largest absolute Gasteiger partial charge is 0.417 e. The molecule has 162 valence electrons. The lowest BCUT2D eigenvalue weighted by atomic mass is 9.86. The van der Waals surface area contributed by atoms with E-state index in [4.69, 9.17) is 23.2 Å². The van der Waals surface area contributed by atoms with E-state index < -0.39 is 22.7 Å². The summed E-state index contributed by atoms with van der Waals surface area (Å²) < 4.78 is 39.0. The van der Waals surface area contributed by atoms with Crippen molar-refractivity contribution in [1.82, 2.24) is 10.3 Å². The van der Waals surface area contributed by atoms with E-state index in [9.17, 15) is 18.0 Å². The SMILES string of the molecule is Cc1ncc(Cl)cc1NCC1CCC(NC(=O)c2cccc(C(F)(F)F)c2Cl)CC1. The Morgan fingerprint density at radius 3 is 2.57 bits per heavy atom. The zero-order valence-corrected chi connectivity index (χ0v) is 17.8. The van der Waals surface area contributed by atoms with Crippen LogP contribution in [0, 0.1) is 12.8 Å². The maximum Gasteiger partial charge on any atom is 0.417 e. The van der Waals surface area contributed by atoms with Gasteiger partial charge in [0.15, 0.2) is 0 Å². The number of hydrogen-bond donors (Lipinski definition) is 2. The Bertz CT molecular complexity index is 913. The van der Waals surface area contributed by atoms with Crippen molar-refractivity contribution in [2.45, 2.75) is 44.8 Å². The number of carbonyl (C=O) groups is 1. The van der Waals surface area contributed by atoms with Gasteiger partial charge in [0.25, 0.3) is 5.91 Å². The first-order valence-electron chi connectivity index (χ1n) is 9.67. The number of carbonyl (C=O) groups excluding carboxylic acids is 1. The van der Waals surface area contributed by atoms with Gasteiger partial charge in [-0.1, -0.05) is 29.3 Å². The molecule has 4 nitrogen and oxygen atoms in total. The van der Waals surface area contributed by atoms with Crippen LogP contribution in [-0.4, -0.2) is 23.5 Å². The van der Waals surface area contributed by atoms with Crippen LogP contribution in [0.25, 0.3) is 0 Å². The molecule has 1 amide bonds. The van der Waals surface area contributed by atoms with Crippen molar-refractivity contribution in [3.05, 3.63) is 57.3 Å². The topological polar surface area (TPSA) is 54.0 Å². The molecule has 1 heterocycles. The average molecular weight is 460 g/mol. The minimum absolute atomic E-state index is 0.0890. The summed E-state index contributed by atoms with van der Waals surface area (Å²) in [5.74, 6) is -0.151. The molecule has 0 unspecified atom stereocenters. The Hall–Kier alpha value is -1.99. The summed E-state index contributed by atoms with van der Waals surface area (Å²) in [7, 11) is 0. The first kappa shape index (κ1) is 22.7. The number of benzene rings is 1. The highest BCUT2D eigenvalue weighted by atomic mass is 35.5. The second kappa shape index (κ2) is 9.43. The number of amides is 1. The van der Waals surface area contributed by atoms with Crippen LogP contribution in [0.3, 0.4) is 0 Å². The van der Waals surface area contributed by atoms with E-state index in [1.807, 2.05) is 13.0 Å². The molecule has 0 spiro atoms. The van der Waals surface area contributed by atoms with Crippen molar-refractivity contribution in [3.8, 4) is 0 Å². The van der Waals surface area contributed by atoms with Crippen molar-refractivity contribution in [2.24, 2.45) is 5.92 Å². The highest BCUT2D eigenvalue weighted by Crippen LogP contribution is 2.36. The molecule has 1 fully saturated rings. The Morgan fingerprint density at radius 2 is 1.90 bits per heavy atom. The van der Waals surface area contributed by atoms with Gasteiger partial charge in [0.05, 0.1) is 32.6 Å². The molecular weight excluding hydrogens is 438 g/mol. The average Bonchev–Trinajstić information content (AvgIpc) is 2.69. The zero-order chi connectivity index (χ0) is 21.9. The Morgan fingerprint density at radius 1 is 1.20 bits per heavy atom. The van der Waals surface area contributed by atoms with Gasteiger partial charge in [-0.3, -0.25) is 9.78 Å². The van der Waals surface area contributed by atoms with Crippen molar-refractivity contribution in [3.63, 3.8) is 0 Å². The molecule has 0 radical (unpaired) electrons. The fraction of sp³-hybridized carbons (Fsp3) is 0.429. The van der Waals surface area contributed by atoms with Crippen LogP contribution in [0.5, 0.6) is 0 Å². The highest BCUT2D eigenvalue weighted by Gasteiger charge is 2.35. The van der Waals surface area contributed by atoms with E-state index in [0.29, 0.717) is 10.9 Å². The third kappa shape index (κ3) is 5.58. The summed E-state index contributed by atoms with van der Waals surface area (Å²) in [6, 6.07) is 5.13. The number of aromatic nitrogens is 1. The Balaban J connectivity index is 1.52. The smallest absolute Gasteiger partial charge is 0.383 e. The third-order valence-electron chi connectivity index (χ3n) is 5.37. The van der Waals surface area contributed by atoms with Crippen LogP contribution >= 0.6 is 23.2 Å². The van der Waals surface area contributed by atoms with Crippen molar-refractivity contribution in [1.29, 1.82) is 0 Å². The van der Waals surface area contributed by atoms with Crippen LogP contribution in [0.4, 0.5) is 18.9 Å². The number of hydrogen-bond acceptors (Lipinski definition) is 3. The number of nitrogens with zero attached hydrogens (tertiary/aromatic N) is 1. The summed E-state index contributed by atoms with van der Waals surface area (Å²) in [4.78, 5) is 16.7. The summed E-state index contributed by atoms with van der Waals surface area (Å²) in [6.07, 6.45) is 0.285. The van der Waals surface area contributed by atoms with Gasteiger partial charge in [0, 0.05) is 18.8 Å². The molecule has 0 aliphatic heterocycles. The predicted octanol–water partition coefficient (Wildman–Crippen LogP) is 6.12. The van der Waals surface area contributed by atoms with Crippen LogP contribution < -0.4 is 10.6 Å². The molecular formula is C21H22Cl2F3N3O. The van der Waals surface area contributed by atoms with Gasteiger partial charge in [-0.15, -0.1) is 0 Å². The molecule has 1 aromatic carbocycles. The van der Waals surface area contributed by atoms with Gasteiger partial charge >= 0.3 is 6.18 Å². The molecule has 1 saturated carbocycles. The van der Waals surface area contributed by atoms with Gasteiger partial charge in [-0.05, 0) is 56.7 Å². The standard InChI is InChI=1S/C21H22Cl2F3N3O/c1-12-18(9-14(22)11-27-12)28-10-13-5-7-15(8-6-13)29-20(30)16-3-2-4-17(19(16)23)21(24,25)26/h2-4,9,11,13,15,28H,5-8,10H2,1H3,(H,29,30). The normalized spacial score (nSPS) is 19.4. The molecule has 30 heavy (non-hydrogen) atoms. The Labute approximate surface area is 183 Å². The van der Waals surface area contributed by atoms with Crippen molar-refractivity contribution >= 4 is 34.8 Å². The molecule has 3 rings (SSSR count). The summed E-state index contributed by atoms with van der Waals surface area (Å²) in [5, 5.41) is 6.21. The summed E-state index contributed by atoms with van der Waals surface area (Å²) in [5.41, 5.74) is 0.618. The minimum atomic E-state index is -4.60. The zero-order valence-electron chi connectivity index (χ0n) is 16.3. The molecule has 1 aliphatic rings. The van der Waals surface area contributed by atoms with Crippen LogP contribution in [-0.2, 0) is 6.18 Å². The number of pyridine rings is 1. The van der Waals surface area contributed by atoms with E-state index in [0.717, 1.165) is 49.7 Å². The van der Waals surface area contributed by atoms with Crippen molar-refractivity contribution < 1.29 is 18.0 Å². The molecule has 1 aromatic heterocycles. The lowest BCUT2D eigenvalue weighted by Crippen LogP contribution is -2.38. The maximum absolute atomic E-state index is 13.0. The van der Waals surface area contributed by atoms with Crippen LogP contribution in [0.1, 0.15) is 47.3 Å². The highest BCUT2D eigenvalue weighted by molar-refractivity contribution is 6.34. The first-order chi connectivity index (χ1) is 14.1. The fourth-order valence-corrected chi connectivity index (χ4v) is 4.12. The third-order valence-corrected chi connectivity index (χ3v) is 5.98. The van der Waals surface area contributed by atoms with Crippen LogP contribution in [0.15, 0.2) is 30.5 Å². The lowest BCUT2D eigenvalue weighted by molar-refractivity contribution is -0.137. The number of halogens is 5. The molecule has 0 saturated heterocycles. The second-order valence-corrected chi connectivity index (χ2v) is 8.34. The van der Waals surface area contributed by atoms with Gasteiger partial charge in [0.2, 0.25) is 0 Å². The van der Waals surface area contributed by atoms with Gasteiger partial charge in [0.1, 0.15) is 0 Å². The number of rotatable bonds is 5. The monoisotopic (exact) mass is 459 g/mol. The first-order valence-corrected chi connectivity index (χ1v) is 10.4. The van der Waals surface area contributed by atoms with E-state index >= 15 is 0 Å². The molecule has 1 aliphatic carbocycles. The number of alkyl halides is 3. The maximum atomic E-state index is 13.0. The fourth-order valence-electron chi connectivity index (χ4n) is 3.64. The second-order valence-electron chi connectivity index (χ2n) is 7.52. The molecule has 2 N–H and O–H groups in total. The summed E-state index contributed by atoms with van der Waals surface area (Å²) >= 11 is 11.8. The molecule has 0 atom stereocenters. The van der Waals surface area contributed by atoms with Crippen molar-refractivity contribution in [2.75, 3.05) is 11.9 Å². The van der Waals surface area contributed by atoms with Crippen LogP contribution in [0.2, 0.25) is 10.0 Å². The van der Waals surface area contributed by atoms with E-state index in [-0.39, 0.29) is 11.6 Å². The van der Waals surface area contributed by atoms with Gasteiger partial charge < -0.3 is 10.6 Å². The lowest BCUT2D eigenvalue weighted by Gasteiger charge is -2.29. The molecule has 0 bridgehead atoms. The van der Waals surface area contributed by atoms with Gasteiger partial charge in [-0.25, -0.2) is 0 Å². The quantitative estimate of drug-likeness (QED) is 0.566. The number of nitrogens with one attached hydrogen (secondary N) is 2. The van der Waals surface area contributed by atoms with E-state index in [2.05, 4.69) is 15.6 Å². The summed E-state index contributed by atoms with van der Waals surface area (Å²) in [6.45, 7) is 2.67. The van der Waals surface area contributed by atoms with E-state index in [1.165, 1.54) is 12.1 Å². The minimum Gasteiger partial charge on any atom is -0.383 e. The molecule has 9 heteroatoms. The number of anilines is 1. The predicted molar refractivity (Wildman–Crippen MR) is 112 cm³/mol. The van der Waals surface area contributed by atoms with Gasteiger partial charge in [-0.2, -0.15) is 13.2 Å². The van der Waals surface area contributed by atoms with E-state index in [1.54, 1.807) is 6.20 Å².